The van der Waals surface area contributed by atoms with E-state index in [2.05, 4.69) is 5.32 Å². The van der Waals surface area contributed by atoms with E-state index in [4.69, 9.17) is 0 Å². The third-order valence-electron chi connectivity index (χ3n) is 1.11. The number of benzene rings is 1. The van der Waals surface area contributed by atoms with Gasteiger partial charge in [-0.3, -0.25) is 0 Å². The highest BCUT2D eigenvalue weighted by molar-refractivity contribution is 5.41. The minimum Gasteiger partial charge on any atom is -0.388 e. The Bertz CT molecular complexity index is 203. The minimum absolute atomic E-state index is 0. The number of anilines is 1. The van der Waals surface area contributed by atoms with Crippen molar-refractivity contribution in [3.63, 3.8) is 0 Å². The first-order chi connectivity index (χ1) is 4.33. The zero-order valence-corrected chi connectivity index (χ0v) is 5.19. The van der Waals surface area contributed by atoms with E-state index in [1.165, 1.54) is 12.1 Å². The molecule has 0 aliphatic rings. The molecule has 1 nitrogen and oxygen atoms in total. The Hall–Kier alpha value is -1.05. The lowest BCUT2D eigenvalue weighted by atomic mass is 10.3. The van der Waals surface area contributed by atoms with Gasteiger partial charge in [-0.1, -0.05) is 6.07 Å². The summed E-state index contributed by atoms with van der Waals surface area (Å²) >= 11 is 0. The van der Waals surface area contributed by atoms with Crippen LogP contribution in [0.25, 0.3) is 0 Å². The van der Waals surface area contributed by atoms with Crippen molar-refractivity contribution in [1.82, 2.24) is 0 Å². The molecule has 0 aliphatic heterocycles. The first kappa shape index (κ1) is 6.08. The lowest BCUT2D eigenvalue weighted by Gasteiger charge is -1.96. The molecule has 1 aromatic carbocycles. The lowest BCUT2D eigenvalue weighted by Crippen LogP contribution is -1.86. The molecule has 9 heavy (non-hydrogen) atoms. The molecule has 0 unspecified atom stereocenters. The molecule has 1 rings (SSSR count). The van der Waals surface area contributed by atoms with Crippen LogP contribution in [-0.4, -0.2) is 7.05 Å². The third-order valence-corrected chi connectivity index (χ3v) is 1.11. The maximum atomic E-state index is 12.3. The molecule has 2 heteroatoms. The second kappa shape index (κ2) is 2.49. The van der Waals surface area contributed by atoms with Gasteiger partial charge in [-0.15, -0.1) is 0 Å². The van der Waals surface area contributed by atoms with Crippen LogP contribution < -0.4 is 5.32 Å². The van der Waals surface area contributed by atoms with Crippen molar-refractivity contribution in [2.24, 2.45) is 0 Å². The van der Waals surface area contributed by atoms with Crippen molar-refractivity contribution in [2.45, 2.75) is 0 Å². The highest BCUT2D eigenvalue weighted by atomic mass is 19.1. The van der Waals surface area contributed by atoms with Crippen LogP contribution in [0, 0.1) is 5.82 Å². The van der Waals surface area contributed by atoms with Crippen molar-refractivity contribution in [3.05, 3.63) is 30.1 Å². The average Bonchev–Trinajstić information content (AvgIpc) is 1.88. The summed E-state index contributed by atoms with van der Waals surface area (Å²) in [5.74, 6) is -0.207. The number of halogens is 1. The fourth-order valence-corrected chi connectivity index (χ4v) is 0.644. The van der Waals surface area contributed by atoms with Gasteiger partial charge in [-0.05, 0) is 18.2 Å². The molecule has 0 amide bonds. The lowest BCUT2D eigenvalue weighted by molar-refractivity contribution is 0.628. The molecule has 0 spiro atoms. The molecule has 50 valence electrons. The minimum atomic E-state index is -0.207. The van der Waals surface area contributed by atoms with Crippen LogP contribution in [0.3, 0.4) is 0 Å². The molecule has 0 saturated heterocycles. The predicted molar refractivity (Wildman–Crippen MR) is 38.1 cm³/mol. The van der Waals surface area contributed by atoms with Crippen molar-refractivity contribution in [3.8, 4) is 0 Å². The Kier molecular flexibility index (Phi) is 1.68. The SMILES string of the molecule is CNc1cccc(F)c1.[HH]. The Morgan fingerprint density at radius 1 is 1.56 bits per heavy atom. The Balaban J connectivity index is 0.000000810. The van der Waals surface area contributed by atoms with Crippen LogP contribution >= 0.6 is 0 Å². The molecule has 1 N–H and O–H groups in total. The summed E-state index contributed by atoms with van der Waals surface area (Å²) in [5, 5.41) is 2.83. The molecule has 0 bridgehead atoms. The third kappa shape index (κ3) is 1.42. The van der Waals surface area contributed by atoms with E-state index in [9.17, 15) is 4.39 Å². The van der Waals surface area contributed by atoms with Gasteiger partial charge in [0.25, 0.3) is 0 Å². The first-order valence-corrected chi connectivity index (χ1v) is 2.76. The largest absolute Gasteiger partial charge is 0.388 e. The first-order valence-electron chi connectivity index (χ1n) is 2.76. The molecule has 0 aliphatic carbocycles. The molecule has 0 heterocycles. The molecule has 0 fully saturated rings. The van der Waals surface area contributed by atoms with Crippen LogP contribution in [0.5, 0.6) is 0 Å². The Labute approximate surface area is 55.0 Å². The van der Waals surface area contributed by atoms with Gasteiger partial charge >= 0.3 is 0 Å². The van der Waals surface area contributed by atoms with E-state index in [0.717, 1.165) is 5.69 Å². The fraction of sp³-hybridized carbons (Fsp3) is 0.143. The molecule has 0 saturated carbocycles. The maximum absolute atomic E-state index is 12.3. The Morgan fingerprint density at radius 2 is 2.33 bits per heavy atom. The second-order valence-corrected chi connectivity index (χ2v) is 1.76. The van der Waals surface area contributed by atoms with Crippen molar-refractivity contribution >= 4 is 5.69 Å². The van der Waals surface area contributed by atoms with E-state index >= 15 is 0 Å². The van der Waals surface area contributed by atoms with Gasteiger partial charge in [0.1, 0.15) is 5.82 Å². The molecule has 0 aromatic heterocycles. The second-order valence-electron chi connectivity index (χ2n) is 1.76. The summed E-state index contributed by atoms with van der Waals surface area (Å²) in [7, 11) is 1.76. The Morgan fingerprint density at radius 3 is 2.78 bits per heavy atom. The highest BCUT2D eigenvalue weighted by Crippen LogP contribution is 2.06. The predicted octanol–water partition coefficient (Wildman–Crippen LogP) is 2.11. The quantitative estimate of drug-likeness (QED) is 0.609. The van der Waals surface area contributed by atoms with Crippen LogP contribution in [0.2, 0.25) is 0 Å². The molecular formula is C7H10FN. The summed E-state index contributed by atoms with van der Waals surface area (Å²) in [6.07, 6.45) is 0. The van der Waals surface area contributed by atoms with Crippen LogP contribution in [0.1, 0.15) is 1.43 Å². The number of rotatable bonds is 1. The van der Waals surface area contributed by atoms with E-state index in [1.807, 2.05) is 6.07 Å². The van der Waals surface area contributed by atoms with Crippen LogP contribution in [-0.2, 0) is 0 Å². The maximum Gasteiger partial charge on any atom is 0.125 e. The zero-order chi connectivity index (χ0) is 6.69. The summed E-state index contributed by atoms with van der Waals surface area (Å²) in [5.41, 5.74) is 0.801. The van der Waals surface area contributed by atoms with Crippen molar-refractivity contribution < 1.29 is 5.82 Å². The molecule has 0 atom stereocenters. The van der Waals surface area contributed by atoms with Crippen LogP contribution in [0.4, 0.5) is 10.1 Å². The summed E-state index contributed by atoms with van der Waals surface area (Å²) in [6, 6.07) is 6.34. The number of hydrogen-bond acceptors (Lipinski definition) is 1. The van der Waals surface area contributed by atoms with E-state index in [0.29, 0.717) is 0 Å². The van der Waals surface area contributed by atoms with Crippen LogP contribution in [0.15, 0.2) is 24.3 Å². The standard InChI is InChI=1S/C7H8FN.H2/c1-9-7-4-2-3-6(8)5-7;/h2-5,9H,1H3;1H. The van der Waals surface area contributed by atoms with E-state index in [1.54, 1.807) is 13.1 Å². The highest BCUT2D eigenvalue weighted by Gasteiger charge is 1.88. The van der Waals surface area contributed by atoms with Gasteiger partial charge < -0.3 is 5.32 Å². The van der Waals surface area contributed by atoms with Crippen molar-refractivity contribution in [1.29, 1.82) is 0 Å². The van der Waals surface area contributed by atoms with Gasteiger partial charge in [0, 0.05) is 14.2 Å². The van der Waals surface area contributed by atoms with Gasteiger partial charge in [0.15, 0.2) is 0 Å². The van der Waals surface area contributed by atoms with Gasteiger partial charge in [0.2, 0.25) is 0 Å². The average molecular weight is 127 g/mol. The summed E-state index contributed by atoms with van der Waals surface area (Å²) in [6.45, 7) is 0. The molecule has 0 radical (unpaired) electrons. The van der Waals surface area contributed by atoms with E-state index in [-0.39, 0.29) is 7.24 Å². The number of nitrogens with one attached hydrogen (secondary N) is 1. The number of hydrogen-bond donors (Lipinski definition) is 1. The fourth-order valence-electron chi connectivity index (χ4n) is 0.644. The summed E-state index contributed by atoms with van der Waals surface area (Å²) in [4.78, 5) is 0. The van der Waals surface area contributed by atoms with Gasteiger partial charge in [-0.2, -0.15) is 0 Å². The van der Waals surface area contributed by atoms with Crippen molar-refractivity contribution in [2.75, 3.05) is 12.4 Å². The van der Waals surface area contributed by atoms with Gasteiger partial charge in [-0.25, -0.2) is 4.39 Å². The normalized spacial score (nSPS) is 9.11. The smallest absolute Gasteiger partial charge is 0.125 e. The van der Waals surface area contributed by atoms with Gasteiger partial charge in [0.05, 0.1) is 0 Å². The molecular weight excluding hydrogens is 117 g/mol. The monoisotopic (exact) mass is 127 g/mol. The zero-order valence-electron chi connectivity index (χ0n) is 5.19. The molecule has 1 aromatic rings. The van der Waals surface area contributed by atoms with E-state index < -0.39 is 0 Å². The summed E-state index contributed by atoms with van der Waals surface area (Å²) < 4.78 is 12.3. The topological polar surface area (TPSA) is 12.0 Å².